The van der Waals surface area contributed by atoms with Crippen molar-refractivity contribution in [2.75, 3.05) is 11.3 Å². The molecule has 0 atom stereocenters. The predicted molar refractivity (Wildman–Crippen MR) is 100 cm³/mol. The molecule has 0 aromatic heterocycles. The fraction of sp³-hybridized carbons (Fsp3) is 0.294. The van der Waals surface area contributed by atoms with E-state index in [0.717, 1.165) is 16.5 Å². The summed E-state index contributed by atoms with van der Waals surface area (Å²) in [5, 5.41) is 0. The van der Waals surface area contributed by atoms with Crippen LogP contribution in [0.15, 0.2) is 57.9 Å². The van der Waals surface area contributed by atoms with E-state index in [9.17, 15) is 8.42 Å². The number of hydrogen-bond donors (Lipinski definition) is 2. The highest BCUT2D eigenvalue weighted by atomic mass is 79.9. The van der Waals surface area contributed by atoms with E-state index in [-0.39, 0.29) is 4.90 Å². The molecule has 0 heterocycles. The number of nitrogens with one attached hydrogen (secondary N) is 1. The molecule has 4 nitrogen and oxygen atoms in total. The van der Waals surface area contributed by atoms with Crippen LogP contribution >= 0.6 is 15.9 Å². The van der Waals surface area contributed by atoms with Gasteiger partial charge in [-0.1, -0.05) is 48.3 Å². The van der Waals surface area contributed by atoms with Crippen LogP contribution in [0.3, 0.4) is 0 Å². The van der Waals surface area contributed by atoms with Gasteiger partial charge >= 0.3 is 0 Å². The lowest BCUT2D eigenvalue weighted by Gasteiger charge is -2.09. The number of sulfonamides is 1. The summed E-state index contributed by atoms with van der Waals surface area (Å²) in [6, 6.07) is 13.7. The molecule has 0 amide bonds. The number of rotatable bonds is 5. The van der Waals surface area contributed by atoms with Gasteiger partial charge in [0.1, 0.15) is 0 Å². The maximum absolute atomic E-state index is 12.2. The van der Waals surface area contributed by atoms with Crippen LogP contribution in [-0.4, -0.2) is 15.0 Å². The van der Waals surface area contributed by atoms with Crippen molar-refractivity contribution in [1.82, 2.24) is 0 Å². The third kappa shape index (κ3) is 6.72. The summed E-state index contributed by atoms with van der Waals surface area (Å²) in [4.78, 5) is 0.228. The summed E-state index contributed by atoms with van der Waals surface area (Å²) in [6.07, 6.45) is 2.03. The Morgan fingerprint density at radius 1 is 1.00 bits per heavy atom. The van der Waals surface area contributed by atoms with Crippen LogP contribution in [0, 0.1) is 0 Å². The van der Waals surface area contributed by atoms with Gasteiger partial charge in [0.15, 0.2) is 0 Å². The van der Waals surface area contributed by atoms with Gasteiger partial charge in [-0.3, -0.25) is 4.72 Å². The highest BCUT2D eigenvalue weighted by Gasteiger charge is 2.13. The second-order valence-corrected chi connectivity index (χ2v) is 7.60. The quantitative estimate of drug-likeness (QED) is 0.793. The summed E-state index contributed by atoms with van der Waals surface area (Å²) in [7, 11) is -3.55. The Kier molecular flexibility index (Phi) is 8.30. The van der Waals surface area contributed by atoms with Crippen LogP contribution < -0.4 is 10.5 Å². The second-order valence-electron chi connectivity index (χ2n) is 5.00. The van der Waals surface area contributed by atoms with Gasteiger partial charge < -0.3 is 5.73 Å². The van der Waals surface area contributed by atoms with Crippen LogP contribution in [0.25, 0.3) is 0 Å². The average Bonchev–Trinajstić information content (AvgIpc) is 2.50. The molecule has 2 rings (SSSR count). The van der Waals surface area contributed by atoms with E-state index in [4.69, 9.17) is 5.73 Å². The molecule has 2 aromatic carbocycles. The van der Waals surface area contributed by atoms with Crippen molar-refractivity contribution in [3.8, 4) is 0 Å². The summed E-state index contributed by atoms with van der Waals surface area (Å²) >= 11 is 3.28. The first-order valence-electron chi connectivity index (χ1n) is 7.50. The van der Waals surface area contributed by atoms with Crippen molar-refractivity contribution in [2.24, 2.45) is 5.73 Å². The Labute approximate surface area is 147 Å². The maximum atomic E-state index is 12.2. The van der Waals surface area contributed by atoms with Crippen molar-refractivity contribution < 1.29 is 8.42 Å². The third-order valence-corrected chi connectivity index (χ3v) is 4.69. The molecule has 0 saturated heterocycles. The first kappa shape index (κ1) is 19.7. The SMILES string of the molecule is CCC.NCCc1ccc(NS(=O)(=O)c2ccc(Br)cc2)cc1. The molecule has 0 aliphatic carbocycles. The van der Waals surface area contributed by atoms with Crippen LogP contribution in [0.5, 0.6) is 0 Å². The molecule has 0 bridgehead atoms. The van der Waals surface area contributed by atoms with Gasteiger partial charge in [-0.15, -0.1) is 0 Å². The average molecular weight is 399 g/mol. The fourth-order valence-corrected chi connectivity index (χ4v) is 3.06. The van der Waals surface area contributed by atoms with Crippen LogP contribution in [-0.2, 0) is 16.4 Å². The van der Waals surface area contributed by atoms with E-state index in [0.29, 0.717) is 12.2 Å². The van der Waals surface area contributed by atoms with Crippen LogP contribution in [0.1, 0.15) is 25.8 Å². The molecule has 0 spiro atoms. The second kappa shape index (κ2) is 9.70. The number of anilines is 1. The summed E-state index contributed by atoms with van der Waals surface area (Å²) in [6.45, 7) is 4.82. The fourth-order valence-electron chi connectivity index (χ4n) is 1.73. The first-order chi connectivity index (χ1) is 10.9. The van der Waals surface area contributed by atoms with Gasteiger partial charge in [-0.05, 0) is 54.9 Å². The molecule has 2 aromatic rings. The smallest absolute Gasteiger partial charge is 0.261 e. The van der Waals surface area contributed by atoms with E-state index in [1.165, 1.54) is 6.42 Å². The molecule has 0 aliphatic rings. The van der Waals surface area contributed by atoms with Crippen molar-refractivity contribution in [3.05, 3.63) is 58.6 Å². The Morgan fingerprint density at radius 3 is 2.00 bits per heavy atom. The Hall–Kier alpha value is -1.37. The third-order valence-electron chi connectivity index (χ3n) is 2.76. The standard InChI is InChI=1S/C14H15BrN2O2S.C3H8/c15-12-3-7-14(8-4-12)20(18,19)17-13-5-1-11(2-6-13)9-10-16;1-3-2/h1-8,17H,9-10,16H2;3H2,1-2H3. The van der Waals surface area contributed by atoms with Gasteiger partial charge in [-0.25, -0.2) is 8.42 Å². The molecule has 6 heteroatoms. The summed E-state index contributed by atoms with van der Waals surface area (Å²) < 4.78 is 27.7. The van der Waals surface area contributed by atoms with E-state index >= 15 is 0 Å². The molecule has 0 unspecified atom stereocenters. The van der Waals surface area contributed by atoms with Gasteiger partial charge in [0.25, 0.3) is 10.0 Å². The molecule has 0 saturated carbocycles. The lowest BCUT2D eigenvalue weighted by atomic mass is 10.1. The monoisotopic (exact) mass is 398 g/mol. The van der Waals surface area contributed by atoms with E-state index < -0.39 is 10.0 Å². The Morgan fingerprint density at radius 2 is 1.52 bits per heavy atom. The number of nitrogens with two attached hydrogens (primary N) is 1. The Bertz CT molecular complexity index is 684. The highest BCUT2D eigenvalue weighted by molar-refractivity contribution is 9.10. The van der Waals surface area contributed by atoms with Gasteiger partial charge in [0.2, 0.25) is 0 Å². The van der Waals surface area contributed by atoms with Gasteiger partial charge in [0, 0.05) is 10.2 Å². The molecular weight excluding hydrogens is 376 g/mol. The molecular formula is C17H23BrN2O2S. The molecule has 126 valence electrons. The van der Waals surface area contributed by atoms with Gasteiger partial charge in [0.05, 0.1) is 4.90 Å². The summed E-state index contributed by atoms with van der Waals surface area (Å²) in [5.74, 6) is 0. The van der Waals surface area contributed by atoms with E-state index in [1.807, 2.05) is 12.1 Å². The molecule has 0 fully saturated rings. The molecule has 3 N–H and O–H groups in total. The molecule has 23 heavy (non-hydrogen) atoms. The highest BCUT2D eigenvalue weighted by Crippen LogP contribution is 2.19. The zero-order valence-electron chi connectivity index (χ0n) is 13.4. The van der Waals surface area contributed by atoms with Crippen molar-refractivity contribution in [3.63, 3.8) is 0 Å². The lowest BCUT2D eigenvalue weighted by molar-refractivity contribution is 0.601. The minimum Gasteiger partial charge on any atom is -0.330 e. The zero-order valence-corrected chi connectivity index (χ0v) is 15.8. The predicted octanol–water partition coefficient (Wildman–Crippen LogP) is 4.17. The largest absolute Gasteiger partial charge is 0.330 e. The zero-order chi connectivity index (χ0) is 17.3. The first-order valence-corrected chi connectivity index (χ1v) is 9.78. The topological polar surface area (TPSA) is 72.2 Å². The van der Waals surface area contributed by atoms with Crippen LogP contribution in [0.2, 0.25) is 0 Å². The lowest BCUT2D eigenvalue weighted by Crippen LogP contribution is -2.12. The normalized spacial score (nSPS) is 10.6. The summed E-state index contributed by atoms with van der Waals surface area (Å²) in [5.41, 5.74) is 7.09. The van der Waals surface area contributed by atoms with Crippen molar-refractivity contribution in [1.29, 1.82) is 0 Å². The minimum absolute atomic E-state index is 0.228. The number of halogens is 1. The van der Waals surface area contributed by atoms with Crippen molar-refractivity contribution >= 4 is 31.6 Å². The number of hydrogen-bond acceptors (Lipinski definition) is 3. The van der Waals surface area contributed by atoms with Gasteiger partial charge in [-0.2, -0.15) is 0 Å². The Balaban J connectivity index is 0.000000816. The molecule has 0 aliphatic heterocycles. The minimum atomic E-state index is -3.55. The maximum Gasteiger partial charge on any atom is 0.261 e. The van der Waals surface area contributed by atoms with E-state index in [1.54, 1.807) is 36.4 Å². The van der Waals surface area contributed by atoms with E-state index in [2.05, 4.69) is 34.5 Å². The number of benzene rings is 2. The van der Waals surface area contributed by atoms with Crippen LogP contribution in [0.4, 0.5) is 5.69 Å². The molecule has 0 radical (unpaired) electrons. The van der Waals surface area contributed by atoms with Crippen molar-refractivity contribution in [2.45, 2.75) is 31.6 Å².